The van der Waals surface area contributed by atoms with Gasteiger partial charge < -0.3 is 16.2 Å². The minimum absolute atomic E-state index is 0.401. The van der Waals surface area contributed by atoms with Crippen molar-refractivity contribution in [3.05, 3.63) is 22.9 Å². The summed E-state index contributed by atoms with van der Waals surface area (Å²) >= 11 is 0. The second-order valence-electron chi connectivity index (χ2n) is 2.92. The molecule has 72 valence electrons. The van der Waals surface area contributed by atoms with Crippen LogP contribution in [0.4, 0.5) is 5.82 Å². The normalized spacial score (nSPS) is 10.4. The second-order valence-corrected chi connectivity index (χ2v) is 2.92. The number of ether oxygens (including phenoxy) is 1. The molecule has 1 aromatic heterocycles. The molecular formula is C9H15N3O. The van der Waals surface area contributed by atoms with E-state index in [9.17, 15) is 0 Å². The second kappa shape index (κ2) is 4.20. The fourth-order valence-corrected chi connectivity index (χ4v) is 1.31. The smallest absolute Gasteiger partial charge is 0.128 e. The van der Waals surface area contributed by atoms with E-state index in [0.29, 0.717) is 19.0 Å². The van der Waals surface area contributed by atoms with Crippen molar-refractivity contribution in [2.75, 3.05) is 12.8 Å². The number of pyridine rings is 1. The predicted octanol–water partition coefficient (Wildman–Crippen LogP) is 0.577. The maximum absolute atomic E-state index is 5.72. The van der Waals surface area contributed by atoms with E-state index >= 15 is 0 Å². The van der Waals surface area contributed by atoms with Crippen molar-refractivity contribution in [3.63, 3.8) is 0 Å². The van der Waals surface area contributed by atoms with Crippen LogP contribution in [0.5, 0.6) is 0 Å². The number of nitrogens with two attached hydrogens (primary N) is 2. The number of anilines is 1. The first-order valence-corrected chi connectivity index (χ1v) is 4.13. The third-order valence-corrected chi connectivity index (χ3v) is 1.88. The minimum atomic E-state index is 0.401. The summed E-state index contributed by atoms with van der Waals surface area (Å²) in [5.41, 5.74) is 14.1. The lowest BCUT2D eigenvalue weighted by Crippen LogP contribution is -2.09. The van der Waals surface area contributed by atoms with Gasteiger partial charge in [-0.2, -0.15) is 0 Å². The van der Waals surface area contributed by atoms with Gasteiger partial charge in [-0.3, -0.25) is 0 Å². The molecule has 0 aliphatic heterocycles. The highest BCUT2D eigenvalue weighted by Crippen LogP contribution is 2.16. The SMILES string of the molecule is COCc1cc(C)nc(N)c1CN. The minimum Gasteiger partial charge on any atom is -0.383 e. The van der Waals surface area contributed by atoms with Gasteiger partial charge >= 0.3 is 0 Å². The van der Waals surface area contributed by atoms with E-state index < -0.39 is 0 Å². The fraction of sp³-hybridized carbons (Fsp3) is 0.444. The molecule has 0 saturated heterocycles. The topological polar surface area (TPSA) is 74.2 Å². The van der Waals surface area contributed by atoms with Crippen molar-refractivity contribution >= 4 is 5.82 Å². The average Bonchev–Trinajstić information content (AvgIpc) is 2.04. The molecule has 0 bridgehead atoms. The maximum atomic E-state index is 5.72. The van der Waals surface area contributed by atoms with Crippen LogP contribution in [0, 0.1) is 6.92 Å². The molecule has 0 amide bonds. The highest BCUT2D eigenvalue weighted by atomic mass is 16.5. The molecule has 0 spiro atoms. The van der Waals surface area contributed by atoms with Crippen LogP contribution >= 0.6 is 0 Å². The lowest BCUT2D eigenvalue weighted by Gasteiger charge is -2.10. The van der Waals surface area contributed by atoms with E-state index in [0.717, 1.165) is 16.8 Å². The van der Waals surface area contributed by atoms with Gasteiger partial charge in [0.25, 0.3) is 0 Å². The van der Waals surface area contributed by atoms with Crippen LogP contribution in [0.3, 0.4) is 0 Å². The summed E-state index contributed by atoms with van der Waals surface area (Å²) in [7, 11) is 1.65. The highest BCUT2D eigenvalue weighted by Gasteiger charge is 2.06. The summed E-state index contributed by atoms with van der Waals surface area (Å²) in [5.74, 6) is 0.509. The summed E-state index contributed by atoms with van der Waals surface area (Å²) in [4.78, 5) is 4.13. The van der Waals surface area contributed by atoms with Crippen molar-refractivity contribution < 1.29 is 4.74 Å². The molecule has 0 fully saturated rings. The van der Waals surface area contributed by atoms with Gasteiger partial charge in [0.2, 0.25) is 0 Å². The number of aryl methyl sites for hydroxylation is 1. The van der Waals surface area contributed by atoms with Crippen LogP contribution in [0.2, 0.25) is 0 Å². The van der Waals surface area contributed by atoms with Crippen molar-refractivity contribution in [3.8, 4) is 0 Å². The Balaban J connectivity index is 3.13. The quantitative estimate of drug-likeness (QED) is 0.715. The number of hydrogen-bond donors (Lipinski definition) is 2. The van der Waals surface area contributed by atoms with Crippen LogP contribution in [0.1, 0.15) is 16.8 Å². The molecule has 0 saturated carbocycles. The molecule has 4 N–H and O–H groups in total. The summed E-state index contributed by atoms with van der Waals surface area (Å²) in [6.45, 7) is 2.83. The van der Waals surface area contributed by atoms with Crippen molar-refractivity contribution in [2.24, 2.45) is 5.73 Å². The number of methoxy groups -OCH3 is 1. The zero-order valence-corrected chi connectivity index (χ0v) is 8.00. The molecule has 0 aromatic carbocycles. The molecule has 1 rings (SSSR count). The summed E-state index contributed by atoms with van der Waals surface area (Å²) < 4.78 is 5.04. The van der Waals surface area contributed by atoms with Gasteiger partial charge in [-0.1, -0.05) is 0 Å². The average molecular weight is 181 g/mol. The Morgan fingerprint density at radius 1 is 1.54 bits per heavy atom. The zero-order chi connectivity index (χ0) is 9.84. The Bertz CT molecular complexity index is 299. The summed E-state index contributed by atoms with van der Waals surface area (Å²) in [5, 5.41) is 0. The number of hydrogen-bond acceptors (Lipinski definition) is 4. The molecule has 0 aliphatic rings. The third-order valence-electron chi connectivity index (χ3n) is 1.88. The van der Waals surface area contributed by atoms with Gasteiger partial charge in [-0.15, -0.1) is 0 Å². The van der Waals surface area contributed by atoms with Crippen LogP contribution in [0.25, 0.3) is 0 Å². The van der Waals surface area contributed by atoms with Gasteiger partial charge in [0, 0.05) is 24.9 Å². The zero-order valence-electron chi connectivity index (χ0n) is 8.00. The van der Waals surface area contributed by atoms with Gasteiger partial charge in [0.05, 0.1) is 6.61 Å². The monoisotopic (exact) mass is 181 g/mol. The highest BCUT2D eigenvalue weighted by molar-refractivity contribution is 5.45. The van der Waals surface area contributed by atoms with E-state index in [4.69, 9.17) is 16.2 Å². The van der Waals surface area contributed by atoms with Crippen molar-refractivity contribution in [1.29, 1.82) is 0 Å². The molecule has 0 aliphatic carbocycles. The molecular weight excluding hydrogens is 166 g/mol. The van der Waals surface area contributed by atoms with Crippen molar-refractivity contribution in [2.45, 2.75) is 20.1 Å². The van der Waals surface area contributed by atoms with Crippen molar-refractivity contribution in [1.82, 2.24) is 4.98 Å². The van der Waals surface area contributed by atoms with Crippen LogP contribution in [0.15, 0.2) is 6.07 Å². The predicted molar refractivity (Wildman–Crippen MR) is 52.0 cm³/mol. The van der Waals surface area contributed by atoms with Gasteiger partial charge in [0.15, 0.2) is 0 Å². The lowest BCUT2D eigenvalue weighted by molar-refractivity contribution is 0.184. The van der Waals surface area contributed by atoms with E-state index in [1.807, 2.05) is 13.0 Å². The Hall–Kier alpha value is -1.13. The number of aromatic nitrogens is 1. The Labute approximate surface area is 77.9 Å². The molecule has 4 nitrogen and oxygen atoms in total. The van der Waals surface area contributed by atoms with Gasteiger partial charge in [-0.05, 0) is 18.6 Å². The number of rotatable bonds is 3. The first kappa shape index (κ1) is 9.95. The molecule has 4 heteroatoms. The van der Waals surface area contributed by atoms with Crippen LogP contribution in [-0.2, 0) is 17.9 Å². The van der Waals surface area contributed by atoms with Gasteiger partial charge in [0.1, 0.15) is 5.82 Å². The molecule has 0 atom stereocenters. The lowest BCUT2D eigenvalue weighted by atomic mass is 10.1. The number of nitrogens with zero attached hydrogens (tertiary/aromatic N) is 1. The van der Waals surface area contributed by atoms with Crippen LogP contribution < -0.4 is 11.5 Å². The fourth-order valence-electron chi connectivity index (χ4n) is 1.31. The first-order chi connectivity index (χ1) is 6.19. The largest absolute Gasteiger partial charge is 0.383 e. The summed E-state index contributed by atoms with van der Waals surface area (Å²) in [6.07, 6.45) is 0. The molecule has 1 aromatic rings. The molecule has 1 heterocycles. The van der Waals surface area contributed by atoms with E-state index in [2.05, 4.69) is 4.98 Å². The third kappa shape index (κ3) is 2.17. The maximum Gasteiger partial charge on any atom is 0.128 e. The first-order valence-electron chi connectivity index (χ1n) is 4.13. The molecule has 0 unspecified atom stereocenters. The van der Waals surface area contributed by atoms with E-state index in [1.54, 1.807) is 7.11 Å². The van der Waals surface area contributed by atoms with E-state index in [-0.39, 0.29) is 0 Å². The standard InChI is InChI=1S/C9H15N3O/c1-6-3-7(5-13-2)8(4-10)9(11)12-6/h3H,4-5,10H2,1-2H3,(H2,11,12). The Kier molecular flexibility index (Phi) is 3.22. The Morgan fingerprint density at radius 3 is 2.77 bits per heavy atom. The summed E-state index contributed by atoms with van der Waals surface area (Å²) in [6, 6.07) is 1.95. The van der Waals surface area contributed by atoms with Crippen LogP contribution in [-0.4, -0.2) is 12.1 Å². The molecule has 0 radical (unpaired) electrons. The number of nitrogen functional groups attached to an aromatic ring is 1. The Morgan fingerprint density at radius 2 is 2.23 bits per heavy atom. The van der Waals surface area contributed by atoms with E-state index in [1.165, 1.54) is 0 Å². The van der Waals surface area contributed by atoms with Gasteiger partial charge in [-0.25, -0.2) is 4.98 Å². The molecule has 13 heavy (non-hydrogen) atoms.